The van der Waals surface area contributed by atoms with Gasteiger partial charge < -0.3 is 4.74 Å². The predicted molar refractivity (Wildman–Crippen MR) is 93.8 cm³/mol. The number of nitrogens with zero attached hydrogens (tertiary/aromatic N) is 3. The van der Waals surface area contributed by atoms with Crippen LogP contribution in [-0.2, 0) is 16.4 Å². The minimum Gasteiger partial charge on any atom is -0.475 e. The van der Waals surface area contributed by atoms with E-state index >= 15 is 0 Å². The van der Waals surface area contributed by atoms with Crippen LogP contribution in [0.15, 0.2) is 42.9 Å². The highest BCUT2D eigenvalue weighted by atomic mass is 32.2. The summed E-state index contributed by atoms with van der Waals surface area (Å²) in [4.78, 5) is 10.1. The molecule has 0 N–H and O–H groups in total. The zero-order valence-electron chi connectivity index (χ0n) is 14.2. The first kappa shape index (κ1) is 17.4. The van der Waals surface area contributed by atoms with Gasteiger partial charge in [0.05, 0.1) is 12.4 Å². The van der Waals surface area contributed by atoms with Crippen LogP contribution in [0.5, 0.6) is 5.88 Å². The number of rotatable bonds is 5. The van der Waals surface area contributed by atoms with Crippen molar-refractivity contribution < 1.29 is 17.5 Å². The minimum absolute atomic E-state index is 0.0708. The molecular weight excluding hydrogens is 357 g/mol. The zero-order valence-corrected chi connectivity index (χ0v) is 15.0. The lowest BCUT2D eigenvalue weighted by Crippen LogP contribution is -2.67. The summed E-state index contributed by atoms with van der Waals surface area (Å²) in [5, 5.41) is 0. The first-order chi connectivity index (χ1) is 12.5. The van der Waals surface area contributed by atoms with Gasteiger partial charge in [0, 0.05) is 44.1 Å². The molecule has 0 aromatic carbocycles. The van der Waals surface area contributed by atoms with Gasteiger partial charge in [-0.3, -0.25) is 9.88 Å². The number of ether oxygens (including phenoxy) is 1. The Balaban J connectivity index is 1.44. The summed E-state index contributed by atoms with van der Waals surface area (Å²) in [5.41, 5.74) is 1.06. The van der Waals surface area contributed by atoms with Crippen LogP contribution < -0.4 is 4.74 Å². The molecule has 2 aliphatic heterocycles. The third-order valence-electron chi connectivity index (χ3n) is 5.36. The van der Waals surface area contributed by atoms with Crippen molar-refractivity contribution in [3.63, 3.8) is 0 Å². The van der Waals surface area contributed by atoms with Crippen molar-refractivity contribution in [1.82, 2.24) is 14.9 Å². The topological polar surface area (TPSA) is 72.4 Å². The summed E-state index contributed by atoms with van der Waals surface area (Å²) >= 11 is 0. The molecule has 4 heterocycles. The molecule has 1 atom stereocenters. The molecule has 26 heavy (non-hydrogen) atoms. The Kier molecular flexibility index (Phi) is 4.40. The van der Waals surface area contributed by atoms with Crippen LogP contribution in [0.1, 0.15) is 12.0 Å². The first-order valence-corrected chi connectivity index (χ1v) is 10.2. The van der Waals surface area contributed by atoms with Crippen LogP contribution in [0.25, 0.3) is 0 Å². The molecule has 0 bridgehead atoms. The Bertz CT molecular complexity index is 886. The van der Waals surface area contributed by atoms with Crippen LogP contribution in [-0.4, -0.2) is 53.5 Å². The SMILES string of the molecule is O=S1(=O)CC[C@@H](COc2ncccc2F)C12CN(Cc1cccnc1)C2. The van der Waals surface area contributed by atoms with E-state index in [1.165, 1.54) is 18.3 Å². The van der Waals surface area contributed by atoms with E-state index in [1.54, 1.807) is 12.4 Å². The second-order valence-electron chi connectivity index (χ2n) is 6.98. The van der Waals surface area contributed by atoms with Gasteiger partial charge in [-0.15, -0.1) is 0 Å². The van der Waals surface area contributed by atoms with Crippen molar-refractivity contribution in [3.8, 4) is 5.88 Å². The number of hydrogen-bond acceptors (Lipinski definition) is 6. The molecule has 6 nitrogen and oxygen atoms in total. The van der Waals surface area contributed by atoms with Crippen molar-refractivity contribution in [2.45, 2.75) is 17.7 Å². The Hall–Kier alpha value is -2.06. The highest BCUT2D eigenvalue weighted by Crippen LogP contribution is 2.45. The fraction of sp³-hybridized carbons (Fsp3) is 0.444. The molecule has 0 radical (unpaired) electrons. The van der Waals surface area contributed by atoms with Gasteiger partial charge in [-0.2, -0.15) is 0 Å². The summed E-state index contributed by atoms with van der Waals surface area (Å²) in [6.07, 6.45) is 5.50. The maximum atomic E-state index is 13.7. The van der Waals surface area contributed by atoms with Gasteiger partial charge in [0.15, 0.2) is 15.7 Å². The summed E-state index contributed by atoms with van der Waals surface area (Å²) < 4.78 is 43.8. The average Bonchev–Trinajstić information content (AvgIpc) is 2.86. The molecule has 0 unspecified atom stereocenters. The second-order valence-corrected chi connectivity index (χ2v) is 9.43. The summed E-state index contributed by atoms with van der Waals surface area (Å²) in [6.45, 7) is 1.79. The molecule has 2 aliphatic rings. The molecule has 2 aromatic rings. The molecule has 0 aliphatic carbocycles. The van der Waals surface area contributed by atoms with Crippen LogP contribution >= 0.6 is 0 Å². The number of pyridine rings is 2. The number of hydrogen-bond donors (Lipinski definition) is 0. The summed E-state index contributed by atoms with van der Waals surface area (Å²) in [7, 11) is -3.19. The van der Waals surface area contributed by atoms with E-state index < -0.39 is 20.4 Å². The molecule has 2 fully saturated rings. The Morgan fingerprint density at radius 2 is 2.08 bits per heavy atom. The van der Waals surface area contributed by atoms with Crippen molar-refractivity contribution in [2.24, 2.45) is 5.92 Å². The summed E-state index contributed by atoms with van der Waals surface area (Å²) in [6, 6.07) is 6.62. The fourth-order valence-electron chi connectivity index (χ4n) is 3.94. The first-order valence-electron chi connectivity index (χ1n) is 8.57. The molecule has 138 valence electrons. The van der Waals surface area contributed by atoms with Crippen LogP contribution in [0.3, 0.4) is 0 Å². The van der Waals surface area contributed by atoms with E-state index in [0.717, 1.165) is 5.56 Å². The molecule has 1 spiro atoms. The minimum atomic E-state index is -3.19. The average molecular weight is 377 g/mol. The highest BCUT2D eigenvalue weighted by molar-refractivity contribution is 7.93. The fourth-order valence-corrected chi connectivity index (χ4v) is 6.39. The van der Waals surface area contributed by atoms with Gasteiger partial charge in [0.2, 0.25) is 5.88 Å². The van der Waals surface area contributed by atoms with Gasteiger partial charge in [-0.1, -0.05) is 6.07 Å². The van der Waals surface area contributed by atoms with E-state index in [-0.39, 0.29) is 24.2 Å². The van der Waals surface area contributed by atoms with E-state index in [0.29, 0.717) is 26.1 Å². The molecular formula is C18H20FN3O3S. The monoisotopic (exact) mass is 377 g/mol. The molecule has 2 aromatic heterocycles. The van der Waals surface area contributed by atoms with Crippen molar-refractivity contribution in [1.29, 1.82) is 0 Å². The molecule has 2 saturated heterocycles. The quantitative estimate of drug-likeness (QED) is 0.790. The van der Waals surface area contributed by atoms with Crippen molar-refractivity contribution >= 4 is 9.84 Å². The van der Waals surface area contributed by atoms with E-state index in [1.807, 2.05) is 12.1 Å². The van der Waals surface area contributed by atoms with Crippen LogP contribution in [0.4, 0.5) is 4.39 Å². The lowest BCUT2D eigenvalue weighted by atomic mass is 9.83. The highest BCUT2D eigenvalue weighted by Gasteiger charge is 2.61. The van der Waals surface area contributed by atoms with Crippen LogP contribution in [0, 0.1) is 11.7 Å². The largest absolute Gasteiger partial charge is 0.475 e. The predicted octanol–water partition coefficient (Wildman–Crippen LogP) is 1.68. The smallest absolute Gasteiger partial charge is 0.250 e. The maximum absolute atomic E-state index is 13.7. The molecule has 4 rings (SSSR count). The van der Waals surface area contributed by atoms with E-state index in [2.05, 4.69) is 14.9 Å². The van der Waals surface area contributed by atoms with Crippen molar-refractivity contribution in [3.05, 3.63) is 54.2 Å². The van der Waals surface area contributed by atoms with E-state index in [4.69, 9.17) is 4.74 Å². The van der Waals surface area contributed by atoms with Gasteiger partial charge in [-0.05, 0) is 30.2 Å². The molecule has 8 heteroatoms. The molecule has 0 saturated carbocycles. The van der Waals surface area contributed by atoms with Gasteiger partial charge >= 0.3 is 0 Å². The Morgan fingerprint density at radius 3 is 2.81 bits per heavy atom. The number of aromatic nitrogens is 2. The van der Waals surface area contributed by atoms with Gasteiger partial charge in [0.1, 0.15) is 4.75 Å². The normalized spacial score (nSPS) is 23.7. The Morgan fingerprint density at radius 1 is 1.27 bits per heavy atom. The van der Waals surface area contributed by atoms with Crippen molar-refractivity contribution in [2.75, 3.05) is 25.4 Å². The third-order valence-corrected chi connectivity index (χ3v) is 7.96. The number of likely N-dealkylation sites (tertiary alicyclic amines) is 1. The van der Waals surface area contributed by atoms with E-state index in [9.17, 15) is 12.8 Å². The number of sulfone groups is 1. The Labute approximate surface area is 151 Å². The van der Waals surface area contributed by atoms with Gasteiger partial charge in [0.25, 0.3) is 0 Å². The lowest BCUT2D eigenvalue weighted by molar-refractivity contribution is 0.0573. The second kappa shape index (κ2) is 6.59. The van der Waals surface area contributed by atoms with Crippen LogP contribution in [0.2, 0.25) is 0 Å². The number of halogens is 1. The van der Waals surface area contributed by atoms with Gasteiger partial charge in [-0.25, -0.2) is 17.8 Å². The summed E-state index contributed by atoms with van der Waals surface area (Å²) in [5.74, 6) is -0.598. The lowest BCUT2D eigenvalue weighted by Gasteiger charge is -2.49. The molecule has 0 amide bonds. The maximum Gasteiger partial charge on any atom is 0.250 e. The standard InChI is InChI=1S/C18H20FN3O3S/c19-16-4-2-7-21-17(16)25-11-15-5-8-26(23,24)18(15)12-22(13-18)10-14-3-1-6-20-9-14/h1-4,6-7,9,15H,5,8,10-13H2/t15-/m0/s1. The zero-order chi connectivity index (χ0) is 18.2. The third kappa shape index (κ3) is 2.97.